The molecule has 0 spiro atoms. The number of alkyl halides is 2. The molecule has 6 rings (SSSR count). The Bertz CT molecular complexity index is 1400. The van der Waals surface area contributed by atoms with Crippen LogP contribution in [0.25, 0.3) is 21.5 Å². The number of hydrogen-bond acceptors (Lipinski definition) is 6. The predicted molar refractivity (Wildman–Crippen MR) is 144 cm³/mol. The van der Waals surface area contributed by atoms with E-state index in [9.17, 15) is 13.0 Å². The van der Waals surface area contributed by atoms with E-state index in [4.69, 9.17) is 4.98 Å². The Morgan fingerprint density at radius 1 is 1.27 bits per heavy atom. The summed E-state index contributed by atoms with van der Waals surface area (Å²) in [4.78, 5) is 6.17. The second-order valence-electron chi connectivity index (χ2n) is 10.6. The normalized spacial score (nSPS) is 20.7. The molecule has 0 aromatic carbocycles. The Balaban J connectivity index is 1.46. The van der Waals surface area contributed by atoms with Gasteiger partial charge in [0.05, 0.1) is 0 Å². The fourth-order valence-electron chi connectivity index (χ4n) is 4.53. The summed E-state index contributed by atoms with van der Waals surface area (Å²) in [5.74, 6) is 0.334. The van der Waals surface area contributed by atoms with Gasteiger partial charge >= 0.3 is 229 Å². The van der Waals surface area contributed by atoms with Gasteiger partial charge in [0.15, 0.2) is 0 Å². The number of pyridine rings is 1. The third kappa shape index (κ3) is 5.25. The SMILES string of the molecule is CC(C)S(=O)N1CC=C(c2cc(SNC3(C)CC3)cn3c(-c4nnc(C(F)F)[se]4)c(C4CC4)nc23)CC1. The van der Waals surface area contributed by atoms with Crippen LogP contribution in [0.15, 0.2) is 23.2 Å². The molecule has 0 amide bonds. The second kappa shape index (κ2) is 9.95. The van der Waals surface area contributed by atoms with Gasteiger partial charge in [-0.25, -0.2) is 0 Å². The summed E-state index contributed by atoms with van der Waals surface area (Å²) >= 11 is 0.991. The Hall–Kier alpha value is -1.43. The van der Waals surface area contributed by atoms with Crippen LogP contribution in [0.4, 0.5) is 8.78 Å². The monoisotopic (exact) mass is 612 g/mol. The van der Waals surface area contributed by atoms with Gasteiger partial charge in [0.25, 0.3) is 0 Å². The molecule has 1 unspecified atom stereocenters. The third-order valence-corrected chi connectivity index (χ3v) is 11.8. The number of hydrogen-bond donors (Lipinski definition) is 1. The average molecular weight is 612 g/mol. The summed E-state index contributed by atoms with van der Waals surface area (Å²) in [6.07, 6.45) is 6.84. The molecule has 3 aliphatic rings. The number of nitrogens with one attached hydrogen (secondary N) is 1. The number of fused-ring (bicyclic) bond motifs is 1. The number of halogens is 2. The Labute approximate surface area is 228 Å². The number of aromatic nitrogens is 4. The molecular weight excluding hydrogens is 581 g/mol. The summed E-state index contributed by atoms with van der Waals surface area (Å²) in [5.41, 5.74) is 5.03. The van der Waals surface area contributed by atoms with Gasteiger partial charge in [-0.2, -0.15) is 0 Å². The quantitative estimate of drug-likeness (QED) is 0.272. The number of imidazole rings is 1. The van der Waals surface area contributed by atoms with Crippen molar-refractivity contribution in [3.8, 4) is 10.3 Å². The molecule has 4 heterocycles. The molecule has 2 saturated carbocycles. The van der Waals surface area contributed by atoms with Gasteiger partial charge in [-0.05, 0) is 0 Å². The van der Waals surface area contributed by atoms with E-state index in [1.54, 1.807) is 11.9 Å². The van der Waals surface area contributed by atoms with Crippen molar-refractivity contribution in [2.45, 2.75) is 80.9 Å². The fraction of sp³-hybridized carbons (Fsp3) is 0.560. The molecule has 1 aliphatic heterocycles. The van der Waals surface area contributed by atoms with Crippen molar-refractivity contribution in [3.05, 3.63) is 34.2 Å². The fourth-order valence-corrected chi connectivity index (χ4v) is 8.10. The minimum absolute atomic E-state index is 0.0848. The minimum atomic E-state index is -2.58. The maximum absolute atomic E-state index is 13.4. The molecular formula is C25H30F2N6OS2Se. The first-order valence-electron chi connectivity index (χ1n) is 12.7. The predicted octanol–water partition coefficient (Wildman–Crippen LogP) is 4.97. The van der Waals surface area contributed by atoms with E-state index in [1.165, 1.54) is 5.57 Å². The molecule has 37 heavy (non-hydrogen) atoms. The summed E-state index contributed by atoms with van der Waals surface area (Å²) < 4.78 is 47.7. The van der Waals surface area contributed by atoms with Crippen molar-refractivity contribution in [1.82, 2.24) is 28.6 Å². The standard InChI is InChI=1S/C25H30F2N6OS2Se/c1-14(2)36(34)32-10-6-15(7-11-32)18-12-17(35-31-25(3)8-9-25)13-33-20(19(16-4-5-16)28-22(18)33)23-29-30-24(37-23)21(26)27/h6,12-14,16,21,31H,4-5,7-11H2,1-3H3. The van der Waals surface area contributed by atoms with Gasteiger partial charge in [-0.3, -0.25) is 0 Å². The number of rotatable bonds is 9. The van der Waals surface area contributed by atoms with Crippen LogP contribution in [0, 0.1) is 0 Å². The van der Waals surface area contributed by atoms with E-state index >= 15 is 0 Å². The first-order valence-corrected chi connectivity index (χ1v) is 16.4. The van der Waals surface area contributed by atoms with Gasteiger partial charge in [0, 0.05) is 0 Å². The van der Waals surface area contributed by atoms with Crippen molar-refractivity contribution in [2.24, 2.45) is 0 Å². The van der Waals surface area contributed by atoms with Gasteiger partial charge < -0.3 is 0 Å². The van der Waals surface area contributed by atoms with Crippen molar-refractivity contribution >= 4 is 48.7 Å². The molecule has 2 fully saturated rings. The van der Waals surface area contributed by atoms with E-state index in [0.717, 1.165) is 66.1 Å². The topological polar surface area (TPSA) is 75.4 Å². The molecule has 7 nitrogen and oxygen atoms in total. The van der Waals surface area contributed by atoms with Crippen LogP contribution in [0.2, 0.25) is 0 Å². The summed E-state index contributed by atoms with van der Waals surface area (Å²) in [7, 11) is -1.01. The van der Waals surface area contributed by atoms with E-state index in [2.05, 4.69) is 44.6 Å². The molecule has 0 radical (unpaired) electrons. The zero-order valence-corrected chi connectivity index (χ0v) is 24.4. The van der Waals surface area contributed by atoms with Crippen LogP contribution < -0.4 is 4.72 Å². The van der Waals surface area contributed by atoms with E-state index in [-0.39, 0.29) is 15.4 Å². The van der Waals surface area contributed by atoms with Crippen molar-refractivity contribution < 1.29 is 13.0 Å². The molecule has 3 aromatic rings. The first kappa shape index (κ1) is 25.8. The maximum atomic E-state index is 13.4. The van der Waals surface area contributed by atoms with Crippen LogP contribution in [-0.2, 0) is 11.0 Å². The summed E-state index contributed by atoms with van der Waals surface area (Å²) in [6.45, 7) is 7.54. The van der Waals surface area contributed by atoms with Gasteiger partial charge in [-0.1, -0.05) is 0 Å². The van der Waals surface area contributed by atoms with Crippen LogP contribution >= 0.6 is 11.9 Å². The Morgan fingerprint density at radius 3 is 2.65 bits per heavy atom. The molecule has 12 heteroatoms. The van der Waals surface area contributed by atoms with Crippen molar-refractivity contribution in [2.75, 3.05) is 13.1 Å². The molecule has 1 N–H and O–H groups in total. The zero-order chi connectivity index (χ0) is 25.9. The van der Waals surface area contributed by atoms with Gasteiger partial charge in [0.2, 0.25) is 0 Å². The molecule has 0 saturated heterocycles. The van der Waals surface area contributed by atoms with Gasteiger partial charge in [0.1, 0.15) is 0 Å². The molecule has 3 aromatic heterocycles. The van der Waals surface area contributed by atoms with Crippen molar-refractivity contribution in [3.63, 3.8) is 0 Å². The molecule has 198 valence electrons. The first-order chi connectivity index (χ1) is 17.7. The average Bonchev–Trinajstić information content (AvgIpc) is 3.77. The molecule has 1 atom stereocenters. The molecule has 2 aliphatic carbocycles. The van der Waals surface area contributed by atoms with E-state index in [0.29, 0.717) is 17.0 Å². The van der Waals surface area contributed by atoms with Crippen molar-refractivity contribution in [1.29, 1.82) is 0 Å². The zero-order valence-electron chi connectivity index (χ0n) is 21.0. The Morgan fingerprint density at radius 2 is 2.05 bits per heavy atom. The van der Waals surface area contributed by atoms with E-state index < -0.39 is 31.9 Å². The second-order valence-corrected chi connectivity index (χ2v) is 15.6. The molecule has 0 bridgehead atoms. The summed E-state index contributed by atoms with van der Waals surface area (Å²) in [5, 5.41) is 8.14. The van der Waals surface area contributed by atoms with Crippen LogP contribution in [0.1, 0.15) is 81.0 Å². The summed E-state index contributed by atoms with van der Waals surface area (Å²) in [6, 6.07) is 2.19. The van der Waals surface area contributed by atoms with E-state index in [1.807, 2.05) is 18.2 Å². The van der Waals surface area contributed by atoms with Gasteiger partial charge in [-0.15, -0.1) is 0 Å². The Kier molecular flexibility index (Phi) is 6.95. The van der Waals surface area contributed by atoms with Crippen LogP contribution in [0.3, 0.4) is 0 Å². The third-order valence-electron chi connectivity index (χ3n) is 7.11. The van der Waals surface area contributed by atoms with Crippen LogP contribution in [0.5, 0.6) is 0 Å². The van der Waals surface area contributed by atoms with Crippen LogP contribution in [-0.4, -0.2) is 66.5 Å². The number of nitrogens with zero attached hydrogens (tertiary/aromatic N) is 5.